The minimum atomic E-state index is -1.24. The first kappa shape index (κ1) is 10.5. The topological polar surface area (TPSA) is 20.2 Å². The zero-order chi connectivity index (χ0) is 8.91. The highest BCUT2D eigenvalue weighted by molar-refractivity contribution is 6.83. The predicted molar refractivity (Wildman–Crippen MR) is 51.9 cm³/mol. The molecule has 0 heterocycles. The van der Waals surface area contributed by atoms with Crippen LogP contribution < -0.4 is 0 Å². The van der Waals surface area contributed by atoms with Crippen LogP contribution in [0.5, 0.6) is 0 Å². The van der Waals surface area contributed by atoms with Crippen molar-refractivity contribution in [3.05, 3.63) is 12.7 Å². The standard InChI is InChI=1S/C9H16OSi/c1-5-9(10)7-6-8-11(2,3)4/h5,9-10H,1,7H2,2-4H3. The molecule has 0 aliphatic rings. The van der Waals surface area contributed by atoms with Crippen LogP contribution in [-0.4, -0.2) is 19.3 Å². The molecule has 0 aromatic rings. The van der Waals surface area contributed by atoms with E-state index in [4.69, 9.17) is 5.11 Å². The predicted octanol–water partition coefficient (Wildman–Crippen LogP) is 1.80. The molecule has 0 aromatic heterocycles. The molecule has 0 aliphatic carbocycles. The summed E-state index contributed by atoms with van der Waals surface area (Å²) in [5, 5.41) is 9.05. The Labute approximate surface area is 70.1 Å². The first-order valence-electron chi connectivity index (χ1n) is 3.76. The molecular formula is C9H16OSi. The summed E-state index contributed by atoms with van der Waals surface area (Å²) in [5.74, 6) is 2.97. The minimum absolute atomic E-state index is 0.459. The third kappa shape index (κ3) is 7.37. The van der Waals surface area contributed by atoms with E-state index >= 15 is 0 Å². The second-order valence-electron chi connectivity index (χ2n) is 3.56. The molecular weight excluding hydrogens is 152 g/mol. The Kier molecular flexibility index (Phi) is 4.17. The zero-order valence-corrected chi connectivity index (χ0v) is 8.52. The molecule has 2 heteroatoms. The van der Waals surface area contributed by atoms with Gasteiger partial charge in [-0.2, -0.15) is 0 Å². The van der Waals surface area contributed by atoms with E-state index in [1.807, 2.05) is 0 Å². The van der Waals surface area contributed by atoms with Crippen LogP contribution in [0.15, 0.2) is 12.7 Å². The summed E-state index contributed by atoms with van der Waals surface area (Å²) in [4.78, 5) is 0. The molecule has 1 N–H and O–H groups in total. The monoisotopic (exact) mass is 168 g/mol. The van der Waals surface area contributed by atoms with Crippen LogP contribution in [0.4, 0.5) is 0 Å². The van der Waals surface area contributed by atoms with Crippen molar-refractivity contribution in [1.82, 2.24) is 0 Å². The van der Waals surface area contributed by atoms with Gasteiger partial charge < -0.3 is 5.11 Å². The van der Waals surface area contributed by atoms with Gasteiger partial charge in [-0.25, -0.2) is 0 Å². The van der Waals surface area contributed by atoms with E-state index in [1.54, 1.807) is 0 Å². The van der Waals surface area contributed by atoms with Crippen molar-refractivity contribution in [2.24, 2.45) is 0 Å². The van der Waals surface area contributed by atoms with E-state index in [9.17, 15) is 0 Å². The molecule has 0 saturated carbocycles. The maximum Gasteiger partial charge on any atom is 0.129 e. The van der Waals surface area contributed by atoms with Crippen LogP contribution >= 0.6 is 0 Å². The SMILES string of the molecule is C=CC(O)CC#C[Si](C)(C)C. The summed E-state index contributed by atoms with van der Waals surface area (Å²) in [6, 6.07) is 0. The molecule has 1 atom stereocenters. The first-order valence-corrected chi connectivity index (χ1v) is 7.26. The Bertz CT molecular complexity index is 180. The van der Waals surface area contributed by atoms with E-state index < -0.39 is 14.2 Å². The second-order valence-corrected chi connectivity index (χ2v) is 8.31. The summed E-state index contributed by atoms with van der Waals surface area (Å²) >= 11 is 0. The Morgan fingerprint density at radius 1 is 1.55 bits per heavy atom. The van der Waals surface area contributed by atoms with Crippen molar-refractivity contribution >= 4 is 8.07 Å². The summed E-state index contributed by atoms with van der Waals surface area (Å²) in [5.41, 5.74) is 3.17. The van der Waals surface area contributed by atoms with Gasteiger partial charge >= 0.3 is 0 Å². The van der Waals surface area contributed by atoms with Crippen molar-refractivity contribution < 1.29 is 5.11 Å². The lowest BCUT2D eigenvalue weighted by atomic mass is 10.3. The largest absolute Gasteiger partial charge is 0.388 e. The van der Waals surface area contributed by atoms with Crippen molar-refractivity contribution in [3.63, 3.8) is 0 Å². The van der Waals surface area contributed by atoms with Gasteiger partial charge in [-0.15, -0.1) is 18.0 Å². The van der Waals surface area contributed by atoms with Crippen molar-refractivity contribution in [1.29, 1.82) is 0 Å². The fourth-order valence-electron chi connectivity index (χ4n) is 0.504. The van der Waals surface area contributed by atoms with Gasteiger partial charge in [0, 0.05) is 6.42 Å². The summed E-state index contributed by atoms with van der Waals surface area (Å²) in [7, 11) is -1.24. The molecule has 0 aromatic carbocycles. The zero-order valence-electron chi connectivity index (χ0n) is 7.52. The highest BCUT2D eigenvalue weighted by Gasteiger charge is 2.07. The Balaban J connectivity index is 3.82. The van der Waals surface area contributed by atoms with Gasteiger partial charge in [0.2, 0.25) is 0 Å². The number of aliphatic hydroxyl groups excluding tert-OH is 1. The summed E-state index contributed by atoms with van der Waals surface area (Å²) < 4.78 is 0. The van der Waals surface area contributed by atoms with Gasteiger partial charge in [-0.1, -0.05) is 25.7 Å². The van der Waals surface area contributed by atoms with Crippen LogP contribution in [0.1, 0.15) is 6.42 Å². The molecule has 0 bridgehead atoms. The molecule has 11 heavy (non-hydrogen) atoms. The van der Waals surface area contributed by atoms with Gasteiger partial charge in [-0.05, 0) is 0 Å². The number of aliphatic hydroxyl groups is 1. The molecule has 0 fully saturated rings. The molecule has 1 unspecified atom stereocenters. The van der Waals surface area contributed by atoms with Crippen LogP contribution in [0.2, 0.25) is 19.6 Å². The quantitative estimate of drug-likeness (QED) is 0.379. The molecule has 0 amide bonds. The van der Waals surface area contributed by atoms with Crippen LogP contribution in [0, 0.1) is 11.5 Å². The highest BCUT2D eigenvalue weighted by Crippen LogP contribution is 1.97. The lowest BCUT2D eigenvalue weighted by molar-refractivity contribution is 0.230. The van der Waals surface area contributed by atoms with Gasteiger partial charge in [-0.3, -0.25) is 0 Å². The smallest absolute Gasteiger partial charge is 0.129 e. The van der Waals surface area contributed by atoms with Crippen LogP contribution in [0.3, 0.4) is 0 Å². The molecule has 0 aliphatic heterocycles. The fourth-order valence-corrected chi connectivity index (χ4v) is 1.14. The van der Waals surface area contributed by atoms with Crippen LogP contribution in [0.25, 0.3) is 0 Å². The Morgan fingerprint density at radius 2 is 2.09 bits per heavy atom. The number of hydrogen-bond acceptors (Lipinski definition) is 1. The molecule has 0 rings (SSSR count). The lowest BCUT2D eigenvalue weighted by Crippen LogP contribution is -2.16. The van der Waals surface area contributed by atoms with E-state index in [2.05, 4.69) is 37.7 Å². The van der Waals surface area contributed by atoms with Crippen LogP contribution in [-0.2, 0) is 0 Å². The molecule has 0 spiro atoms. The number of rotatable bonds is 2. The molecule has 0 radical (unpaired) electrons. The fraction of sp³-hybridized carbons (Fsp3) is 0.556. The first-order chi connectivity index (χ1) is 4.95. The molecule has 0 saturated heterocycles. The Hall–Kier alpha value is -0.523. The third-order valence-corrected chi connectivity index (χ3v) is 1.97. The maximum absolute atomic E-state index is 9.05. The average molecular weight is 168 g/mol. The second kappa shape index (κ2) is 4.37. The van der Waals surface area contributed by atoms with E-state index in [0.29, 0.717) is 6.42 Å². The molecule has 1 nitrogen and oxygen atoms in total. The van der Waals surface area contributed by atoms with Gasteiger partial charge in [0.25, 0.3) is 0 Å². The van der Waals surface area contributed by atoms with Gasteiger partial charge in [0.1, 0.15) is 8.07 Å². The molecule has 62 valence electrons. The van der Waals surface area contributed by atoms with Crippen molar-refractivity contribution in [3.8, 4) is 11.5 Å². The highest BCUT2D eigenvalue weighted by atomic mass is 28.3. The van der Waals surface area contributed by atoms with Crippen molar-refractivity contribution in [2.75, 3.05) is 0 Å². The summed E-state index contributed by atoms with van der Waals surface area (Å²) in [6.45, 7) is 10.0. The van der Waals surface area contributed by atoms with Crippen molar-refractivity contribution in [2.45, 2.75) is 32.2 Å². The van der Waals surface area contributed by atoms with E-state index in [1.165, 1.54) is 6.08 Å². The lowest BCUT2D eigenvalue weighted by Gasteiger charge is -2.03. The minimum Gasteiger partial charge on any atom is -0.388 e. The average Bonchev–Trinajstić information content (AvgIpc) is 1.85. The summed E-state index contributed by atoms with van der Waals surface area (Å²) in [6.07, 6.45) is 1.57. The number of hydrogen-bond donors (Lipinski definition) is 1. The third-order valence-electron chi connectivity index (χ3n) is 1.05. The Morgan fingerprint density at radius 3 is 2.45 bits per heavy atom. The normalized spacial score (nSPS) is 13.1. The van der Waals surface area contributed by atoms with E-state index in [-0.39, 0.29) is 0 Å². The van der Waals surface area contributed by atoms with Gasteiger partial charge in [0.05, 0.1) is 6.10 Å². The van der Waals surface area contributed by atoms with E-state index in [0.717, 1.165) is 0 Å². The van der Waals surface area contributed by atoms with Gasteiger partial charge in [0.15, 0.2) is 0 Å². The maximum atomic E-state index is 9.05.